The maximum atomic E-state index is 13.0. The monoisotopic (exact) mass is 472 g/mol. The van der Waals surface area contributed by atoms with Crippen LogP contribution in [0.3, 0.4) is 0 Å². The molecule has 26 heavy (non-hydrogen) atoms. The number of nitrogens with zero attached hydrogens (tertiary/aromatic N) is 3. The SMILES string of the molecule is CN=C(NCCCCn1ccccc1=O)N(C)Cc1ccc(F)cc1.I. The molecule has 0 atom stereocenters. The molecule has 0 saturated carbocycles. The average molecular weight is 472 g/mol. The number of rotatable bonds is 7. The number of aromatic nitrogens is 1. The van der Waals surface area contributed by atoms with Crippen molar-refractivity contribution in [3.8, 4) is 0 Å². The summed E-state index contributed by atoms with van der Waals surface area (Å²) < 4.78 is 14.7. The predicted molar refractivity (Wildman–Crippen MR) is 115 cm³/mol. The number of hydrogen-bond acceptors (Lipinski definition) is 2. The van der Waals surface area contributed by atoms with Crippen molar-refractivity contribution in [3.63, 3.8) is 0 Å². The number of pyridine rings is 1. The number of aryl methyl sites for hydroxylation is 1. The first-order valence-corrected chi connectivity index (χ1v) is 8.42. The summed E-state index contributed by atoms with van der Waals surface area (Å²) in [6, 6.07) is 11.7. The Bertz CT molecular complexity index is 746. The third kappa shape index (κ3) is 7.15. The summed E-state index contributed by atoms with van der Waals surface area (Å²) >= 11 is 0. The first-order chi connectivity index (χ1) is 12.1. The molecule has 2 aromatic rings. The molecule has 7 heteroatoms. The van der Waals surface area contributed by atoms with Crippen LogP contribution in [0.2, 0.25) is 0 Å². The fraction of sp³-hybridized carbons (Fsp3) is 0.368. The zero-order chi connectivity index (χ0) is 18.1. The molecule has 1 aromatic carbocycles. The highest BCUT2D eigenvalue weighted by Crippen LogP contribution is 2.05. The van der Waals surface area contributed by atoms with E-state index < -0.39 is 0 Å². The first-order valence-electron chi connectivity index (χ1n) is 8.42. The third-order valence-corrected chi connectivity index (χ3v) is 3.91. The van der Waals surface area contributed by atoms with E-state index in [0.717, 1.165) is 30.9 Å². The van der Waals surface area contributed by atoms with Gasteiger partial charge in [-0.15, -0.1) is 24.0 Å². The normalized spacial score (nSPS) is 11.0. The van der Waals surface area contributed by atoms with E-state index in [0.29, 0.717) is 13.1 Å². The van der Waals surface area contributed by atoms with Crippen LogP contribution < -0.4 is 10.9 Å². The summed E-state index contributed by atoms with van der Waals surface area (Å²) in [6.07, 6.45) is 3.66. The van der Waals surface area contributed by atoms with Crippen LogP contribution in [0, 0.1) is 5.82 Å². The minimum absolute atomic E-state index is 0. The molecule has 1 aromatic heterocycles. The van der Waals surface area contributed by atoms with E-state index in [-0.39, 0.29) is 35.4 Å². The van der Waals surface area contributed by atoms with E-state index in [1.807, 2.05) is 24.2 Å². The lowest BCUT2D eigenvalue weighted by Crippen LogP contribution is -2.38. The lowest BCUT2D eigenvalue weighted by Gasteiger charge is -2.22. The smallest absolute Gasteiger partial charge is 0.250 e. The standard InChI is InChI=1S/C19H25FN4O.HI/c1-21-19(23(2)15-16-8-10-17(20)11-9-16)22-12-4-6-14-24-13-5-3-7-18(24)25;/h3,5,7-11,13H,4,6,12,14-15H2,1-2H3,(H,21,22);1H. The van der Waals surface area contributed by atoms with E-state index in [9.17, 15) is 9.18 Å². The lowest BCUT2D eigenvalue weighted by molar-refractivity contribution is 0.472. The second kappa shape index (κ2) is 11.7. The molecule has 1 N–H and O–H groups in total. The third-order valence-electron chi connectivity index (χ3n) is 3.91. The van der Waals surface area contributed by atoms with Crippen LogP contribution in [0.1, 0.15) is 18.4 Å². The summed E-state index contributed by atoms with van der Waals surface area (Å²) in [4.78, 5) is 17.9. The van der Waals surface area contributed by atoms with Crippen molar-refractivity contribution in [1.29, 1.82) is 0 Å². The number of halogens is 2. The molecule has 1 heterocycles. The molecule has 0 saturated heterocycles. The Morgan fingerprint density at radius 3 is 2.58 bits per heavy atom. The summed E-state index contributed by atoms with van der Waals surface area (Å²) in [6.45, 7) is 2.15. The Morgan fingerprint density at radius 2 is 1.92 bits per heavy atom. The highest BCUT2D eigenvalue weighted by molar-refractivity contribution is 14.0. The fourth-order valence-electron chi connectivity index (χ4n) is 2.58. The zero-order valence-electron chi connectivity index (χ0n) is 15.2. The van der Waals surface area contributed by atoms with Gasteiger partial charge in [0.1, 0.15) is 5.82 Å². The second-order valence-electron chi connectivity index (χ2n) is 5.90. The number of nitrogens with one attached hydrogen (secondary N) is 1. The van der Waals surface area contributed by atoms with E-state index >= 15 is 0 Å². The Balaban J connectivity index is 0.00000338. The maximum absolute atomic E-state index is 13.0. The van der Waals surface area contributed by atoms with Crippen molar-refractivity contribution in [2.45, 2.75) is 25.9 Å². The number of guanidine groups is 1. The van der Waals surface area contributed by atoms with Crippen molar-refractivity contribution < 1.29 is 4.39 Å². The minimum Gasteiger partial charge on any atom is -0.356 e. The molecule has 142 valence electrons. The number of benzene rings is 1. The molecule has 0 amide bonds. The summed E-state index contributed by atoms with van der Waals surface area (Å²) in [5, 5.41) is 3.32. The van der Waals surface area contributed by atoms with Gasteiger partial charge in [0.15, 0.2) is 5.96 Å². The van der Waals surface area contributed by atoms with Gasteiger partial charge in [-0.25, -0.2) is 4.39 Å². The maximum Gasteiger partial charge on any atom is 0.250 e. The van der Waals surface area contributed by atoms with E-state index in [2.05, 4.69) is 10.3 Å². The number of unbranched alkanes of at least 4 members (excludes halogenated alkanes) is 1. The van der Waals surface area contributed by atoms with Crippen LogP contribution >= 0.6 is 24.0 Å². The van der Waals surface area contributed by atoms with Gasteiger partial charge in [-0.2, -0.15) is 0 Å². The van der Waals surface area contributed by atoms with Crippen LogP contribution in [-0.2, 0) is 13.1 Å². The molecule has 0 bridgehead atoms. The predicted octanol–water partition coefficient (Wildman–Crippen LogP) is 3.09. The number of hydrogen-bond donors (Lipinski definition) is 1. The van der Waals surface area contributed by atoms with Gasteiger partial charge in [-0.1, -0.05) is 18.2 Å². The Labute approximate surface area is 171 Å². The van der Waals surface area contributed by atoms with Gasteiger partial charge >= 0.3 is 0 Å². The van der Waals surface area contributed by atoms with E-state index in [4.69, 9.17) is 0 Å². The van der Waals surface area contributed by atoms with Crippen LogP contribution in [0.25, 0.3) is 0 Å². The van der Waals surface area contributed by atoms with Crippen molar-refractivity contribution in [2.24, 2.45) is 4.99 Å². The molecule has 0 aliphatic rings. The topological polar surface area (TPSA) is 49.6 Å². The highest BCUT2D eigenvalue weighted by atomic mass is 127. The van der Waals surface area contributed by atoms with E-state index in [1.165, 1.54) is 12.1 Å². The van der Waals surface area contributed by atoms with Crippen molar-refractivity contribution in [3.05, 3.63) is 70.4 Å². The molecule has 2 rings (SSSR count). The lowest BCUT2D eigenvalue weighted by atomic mass is 10.2. The molecule has 5 nitrogen and oxygen atoms in total. The van der Waals surface area contributed by atoms with Gasteiger partial charge in [0.25, 0.3) is 0 Å². The second-order valence-corrected chi connectivity index (χ2v) is 5.90. The van der Waals surface area contributed by atoms with Gasteiger partial charge in [0, 0.05) is 46.0 Å². The zero-order valence-corrected chi connectivity index (χ0v) is 17.5. The van der Waals surface area contributed by atoms with Crippen LogP contribution in [0.4, 0.5) is 4.39 Å². The molecule has 0 aliphatic heterocycles. The van der Waals surface area contributed by atoms with Crippen LogP contribution in [-0.4, -0.2) is 36.1 Å². The van der Waals surface area contributed by atoms with Crippen molar-refractivity contribution in [1.82, 2.24) is 14.8 Å². The van der Waals surface area contributed by atoms with Gasteiger partial charge in [0.05, 0.1) is 0 Å². The van der Waals surface area contributed by atoms with Gasteiger partial charge in [-0.3, -0.25) is 9.79 Å². The van der Waals surface area contributed by atoms with Crippen LogP contribution in [0.15, 0.2) is 58.4 Å². The molecular weight excluding hydrogens is 446 g/mol. The fourth-order valence-corrected chi connectivity index (χ4v) is 2.58. The summed E-state index contributed by atoms with van der Waals surface area (Å²) in [5.41, 5.74) is 1.06. The minimum atomic E-state index is -0.230. The molecule has 0 spiro atoms. The molecule has 0 fully saturated rings. The Kier molecular flexibility index (Phi) is 9.93. The summed E-state index contributed by atoms with van der Waals surface area (Å²) in [5.74, 6) is 0.563. The largest absolute Gasteiger partial charge is 0.356 e. The Hall–Kier alpha value is -1.90. The first kappa shape index (κ1) is 22.1. The molecule has 0 radical (unpaired) electrons. The van der Waals surface area contributed by atoms with Gasteiger partial charge in [0.2, 0.25) is 5.56 Å². The van der Waals surface area contributed by atoms with Gasteiger partial charge in [-0.05, 0) is 36.6 Å². The molecule has 0 aliphatic carbocycles. The highest BCUT2D eigenvalue weighted by Gasteiger charge is 2.06. The quantitative estimate of drug-likeness (QED) is 0.292. The van der Waals surface area contributed by atoms with Crippen molar-refractivity contribution in [2.75, 3.05) is 20.6 Å². The van der Waals surface area contributed by atoms with Crippen molar-refractivity contribution >= 4 is 29.9 Å². The average Bonchev–Trinajstić information content (AvgIpc) is 2.61. The van der Waals surface area contributed by atoms with E-state index in [1.54, 1.807) is 35.9 Å². The summed E-state index contributed by atoms with van der Waals surface area (Å²) in [7, 11) is 3.69. The van der Waals surface area contributed by atoms with Crippen LogP contribution in [0.5, 0.6) is 0 Å². The molecule has 0 unspecified atom stereocenters. The van der Waals surface area contributed by atoms with Gasteiger partial charge < -0.3 is 14.8 Å². The Morgan fingerprint density at radius 1 is 1.19 bits per heavy atom. The number of aliphatic imine (C=N–C) groups is 1. The molecular formula is C19H26FIN4O.